The van der Waals surface area contributed by atoms with Gasteiger partial charge >= 0.3 is 5.97 Å². The van der Waals surface area contributed by atoms with E-state index in [9.17, 15) is 9.59 Å². The van der Waals surface area contributed by atoms with Crippen LogP contribution in [0.2, 0.25) is 10.0 Å². The molecule has 0 spiro atoms. The number of esters is 1. The highest BCUT2D eigenvalue weighted by atomic mass is 35.5. The number of carbonyl (C=O) groups is 2. The van der Waals surface area contributed by atoms with Crippen LogP contribution in [0.5, 0.6) is 0 Å². The molecule has 1 aliphatic carbocycles. The molecule has 1 N–H and O–H groups in total. The van der Waals surface area contributed by atoms with Crippen molar-refractivity contribution in [2.45, 2.75) is 25.3 Å². The van der Waals surface area contributed by atoms with E-state index in [0.717, 1.165) is 24.8 Å². The maximum Gasteiger partial charge on any atom is 0.331 e. The van der Waals surface area contributed by atoms with Gasteiger partial charge in [0.25, 0.3) is 5.91 Å². The van der Waals surface area contributed by atoms with Gasteiger partial charge in [-0.3, -0.25) is 4.79 Å². The van der Waals surface area contributed by atoms with Crippen molar-refractivity contribution in [1.82, 2.24) is 5.32 Å². The van der Waals surface area contributed by atoms with Crippen molar-refractivity contribution in [2.75, 3.05) is 6.61 Å². The van der Waals surface area contributed by atoms with Crippen LogP contribution in [0.25, 0.3) is 6.08 Å². The number of carbonyl (C=O) groups excluding carboxylic acids is 2. The van der Waals surface area contributed by atoms with Gasteiger partial charge in [0.15, 0.2) is 6.61 Å². The lowest BCUT2D eigenvalue weighted by Crippen LogP contribution is -2.34. The van der Waals surface area contributed by atoms with Crippen LogP contribution in [0.4, 0.5) is 0 Å². The Morgan fingerprint density at radius 2 is 1.96 bits per heavy atom. The molecule has 1 aliphatic rings. The Labute approximate surface area is 168 Å². The SMILES string of the molecule is O=C(COC(=O)/C=C/c1cccc(Cl)c1Cl)NC1CCCc2ccccc21. The lowest BCUT2D eigenvalue weighted by Gasteiger charge is -2.26. The average molecular weight is 404 g/mol. The number of fused-ring (bicyclic) bond motifs is 1. The summed E-state index contributed by atoms with van der Waals surface area (Å²) in [6.45, 7) is -0.328. The molecule has 0 heterocycles. The summed E-state index contributed by atoms with van der Waals surface area (Å²) in [6.07, 6.45) is 5.65. The predicted molar refractivity (Wildman–Crippen MR) is 107 cm³/mol. The lowest BCUT2D eigenvalue weighted by atomic mass is 9.88. The minimum Gasteiger partial charge on any atom is -0.452 e. The van der Waals surface area contributed by atoms with E-state index in [1.807, 2.05) is 18.2 Å². The van der Waals surface area contributed by atoms with E-state index in [-0.39, 0.29) is 18.6 Å². The second kappa shape index (κ2) is 9.07. The number of rotatable bonds is 5. The summed E-state index contributed by atoms with van der Waals surface area (Å²) in [4.78, 5) is 24.0. The number of aryl methyl sites for hydroxylation is 1. The molecule has 3 rings (SSSR count). The first-order chi connectivity index (χ1) is 13.0. The number of nitrogens with one attached hydrogen (secondary N) is 1. The van der Waals surface area contributed by atoms with Crippen molar-refractivity contribution in [3.05, 3.63) is 75.3 Å². The van der Waals surface area contributed by atoms with Crippen LogP contribution < -0.4 is 5.32 Å². The first kappa shape index (κ1) is 19.5. The van der Waals surface area contributed by atoms with E-state index in [0.29, 0.717) is 15.6 Å². The molecule has 0 saturated carbocycles. The fourth-order valence-corrected chi connectivity index (χ4v) is 3.50. The number of benzene rings is 2. The monoisotopic (exact) mass is 403 g/mol. The number of halogens is 2. The van der Waals surface area contributed by atoms with Crippen molar-refractivity contribution < 1.29 is 14.3 Å². The molecule has 4 nitrogen and oxygen atoms in total. The van der Waals surface area contributed by atoms with Gasteiger partial charge in [-0.25, -0.2) is 4.79 Å². The minimum atomic E-state index is -0.620. The molecule has 0 fully saturated rings. The van der Waals surface area contributed by atoms with Crippen LogP contribution in [-0.2, 0) is 20.7 Å². The zero-order valence-electron chi connectivity index (χ0n) is 14.6. The molecule has 0 aliphatic heterocycles. The van der Waals surface area contributed by atoms with E-state index >= 15 is 0 Å². The smallest absolute Gasteiger partial charge is 0.331 e. The Kier molecular flexibility index (Phi) is 6.54. The Morgan fingerprint density at radius 1 is 1.15 bits per heavy atom. The van der Waals surface area contributed by atoms with Crippen LogP contribution in [-0.4, -0.2) is 18.5 Å². The minimum absolute atomic E-state index is 0.0399. The van der Waals surface area contributed by atoms with Gasteiger partial charge in [-0.15, -0.1) is 0 Å². The fourth-order valence-electron chi connectivity index (χ4n) is 3.13. The van der Waals surface area contributed by atoms with Gasteiger partial charge in [0.1, 0.15) is 0 Å². The summed E-state index contributed by atoms with van der Waals surface area (Å²) >= 11 is 12.0. The molecule has 1 unspecified atom stereocenters. The van der Waals surface area contributed by atoms with E-state index in [4.69, 9.17) is 27.9 Å². The molecule has 6 heteroatoms. The highest BCUT2D eigenvalue weighted by molar-refractivity contribution is 6.42. The number of amides is 1. The van der Waals surface area contributed by atoms with Crippen molar-refractivity contribution >= 4 is 41.2 Å². The van der Waals surface area contributed by atoms with Gasteiger partial charge in [-0.05, 0) is 48.1 Å². The third-order valence-corrected chi connectivity index (χ3v) is 5.26. The second-order valence-electron chi connectivity index (χ2n) is 6.30. The molecular weight excluding hydrogens is 385 g/mol. The largest absolute Gasteiger partial charge is 0.452 e. The Morgan fingerprint density at radius 3 is 2.81 bits per heavy atom. The maximum atomic E-state index is 12.1. The molecular formula is C21H19Cl2NO3. The average Bonchev–Trinajstić information content (AvgIpc) is 2.68. The zero-order valence-corrected chi connectivity index (χ0v) is 16.1. The van der Waals surface area contributed by atoms with Gasteiger partial charge in [0.2, 0.25) is 0 Å². The van der Waals surface area contributed by atoms with Crippen molar-refractivity contribution in [2.24, 2.45) is 0 Å². The van der Waals surface area contributed by atoms with Crippen molar-refractivity contribution in [1.29, 1.82) is 0 Å². The number of hydrogen-bond donors (Lipinski definition) is 1. The molecule has 1 atom stereocenters. The molecule has 0 saturated heterocycles. The fraction of sp³-hybridized carbons (Fsp3) is 0.238. The van der Waals surface area contributed by atoms with E-state index in [1.165, 1.54) is 17.7 Å². The first-order valence-electron chi connectivity index (χ1n) is 8.70. The third-order valence-electron chi connectivity index (χ3n) is 4.43. The zero-order chi connectivity index (χ0) is 19.2. The lowest BCUT2D eigenvalue weighted by molar-refractivity contribution is -0.144. The Bertz CT molecular complexity index is 879. The topological polar surface area (TPSA) is 55.4 Å². The van der Waals surface area contributed by atoms with E-state index in [1.54, 1.807) is 18.2 Å². The van der Waals surface area contributed by atoms with E-state index < -0.39 is 5.97 Å². The quantitative estimate of drug-likeness (QED) is 0.578. The summed E-state index contributed by atoms with van der Waals surface area (Å²) in [5.74, 6) is -0.940. The summed E-state index contributed by atoms with van der Waals surface area (Å²) in [7, 11) is 0. The van der Waals surface area contributed by atoms with Crippen LogP contribution in [0.15, 0.2) is 48.5 Å². The molecule has 1 amide bonds. The summed E-state index contributed by atoms with van der Waals surface area (Å²) in [5, 5.41) is 3.70. The van der Waals surface area contributed by atoms with Gasteiger partial charge in [-0.2, -0.15) is 0 Å². The maximum absolute atomic E-state index is 12.1. The Balaban J connectivity index is 1.52. The highest BCUT2D eigenvalue weighted by Gasteiger charge is 2.21. The van der Waals surface area contributed by atoms with Gasteiger partial charge in [0, 0.05) is 6.08 Å². The number of ether oxygens (including phenoxy) is 1. The van der Waals surface area contributed by atoms with Crippen LogP contribution >= 0.6 is 23.2 Å². The summed E-state index contributed by atoms with van der Waals surface area (Å²) < 4.78 is 5.01. The molecule has 27 heavy (non-hydrogen) atoms. The van der Waals surface area contributed by atoms with Crippen LogP contribution in [0.1, 0.15) is 35.6 Å². The molecule has 0 aromatic heterocycles. The number of hydrogen-bond acceptors (Lipinski definition) is 3. The summed E-state index contributed by atoms with van der Waals surface area (Å²) in [6, 6.07) is 13.2. The predicted octanol–water partition coefficient (Wildman–Crippen LogP) is 4.74. The summed E-state index contributed by atoms with van der Waals surface area (Å²) in [5.41, 5.74) is 3.00. The normalized spacial score (nSPS) is 16.0. The van der Waals surface area contributed by atoms with Crippen molar-refractivity contribution in [3.63, 3.8) is 0 Å². The van der Waals surface area contributed by atoms with Crippen LogP contribution in [0.3, 0.4) is 0 Å². The standard InChI is InChI=1S/C21H19Cl2NO3/c22-17-9-3-7-15(21(17)23)11-12-20(26)27-13-19(25)24-18-10-4-6-14-5-1-2-8-16(14)18/h1-3,5,7-9,11-12,18H,4,6,10,13H2,(H,24,25)/b12-11+. The van der Waals surface area contributed by atoms with Gasteiger partial charge < -0.3 is 10.1 Å². The first-order valence-corrected chi connectivity index (χ1v) is 9.46. The molecule has 2 aromatic carbocycles. The Hall–Kier alpha value is -2.30. The van der Waals surface area contributed by atoms with Crippen molar-refractivity contribution in [3.8, 4) is 0 Å². The van der Waals surface area contributed by atoms with Crippen LogP contribution in [0, 0.1) is 0 Å². The molecule has 0 bridgehead atoms. The molecule has 0 radical (unpaired) electrons. The van der Waals surface area contributed by atoms with Gasteiger partial charge in [0.05, 0.1) is 16.1 Å². The highest BCUT2D eigenvalue weighted by Crippen LogP contribution is 2.29. The second-order valence-corrected chi connectivity index (χ2v) is 7.08. The third kappa shape index (κ3) is 5.12. The molecule has 140 valence electrons. The molecule has 2 aromatic rings. The van der Waals surface area contributed by atoms with E-state index in [2.05, 4.69) is 11.4 Å². The van der Waals surface area contributed by atoms with Gasteiger partial charge in [-0.1, -0.05) is 59.6 Å².